The summed E-state index contributed by atoms with van der Waals surface area (Å²) in [6.45, 7) is 5.22. The zero-order chi connectivity index (χ0) is 12.2. The number of hydrogen-bond donors (Lipinski definition) is 1. The fraction of sp³-hybridized carbons (Fsp3) is 1.00. The third-order valence-electron chi connectivity index (χ3n) is 3.64. The predicted octanol–water partition coefficient (Wildman–Crippen LogP) is 3.74. The van der Waals surface area contributed by atoms with Crippen LogP contribution in [0.15, 0.2) is 0 Å². The van der Waals surface area contributed by atoms with E-state index in [1.807, 2.05) is 0 Å². The van der Waals surface area contributed by atoms with Gasteiger partial charge in [-0.1, -0.05) is 20.3 Å². The summed E-state index contributed by atoms with van der Waals surface area (Å²) in [4.78, 5) is 0. The van der Waals surface area contributed by atoms with Crippen molar-refractivity contribution in [1.82, 2.24) is 5.32 Å². The first-order valence-electron chi connectivity index (χ1n) is 6.23. The fourth-order valence-electron chi connectivity index (χ4n) is 2.14. The third-order valence-corrected chi connectivity index (χ3v) is 3.64. The van der Waals surface area contributed by atoms with Crippen LogP contribution in [-0.4, -0.2) is 18.8 Å². The van der Waals surface area contributed by atoms with E-state index in [4.69, 9.17) is 0 Å². The molecule has 16 heavy (non-hydrogen) atoms. The van der Waals surface area contributed by atoms with Gasteiger partial charge < -0.3 is 5.32 Å². The summed E-state index contributed by atoms with van der Waals surface area (Å²) in [5.41, 5.74) is 0. The largest absolute Gasteiger partial charge is 0.391 e. The van der Waals surface area contributed by atoms with Crippen LogP contribution in [0.3, 0.4) is 0 Å². The average Bonchev–Trinajstić information content (AvgIpc) is 2.25. The van der Waals surface area contributed by atoms with Crippen molar-refractivity contribution in [2.24, 2.45) is 11.8 Å². The van der Waals surface area contributed by atoms with E-state index < -0.39 is 12.1 Å². The second kappa shape index (κ2) is 5.89. The minimum Gasteiger partial charge on any atom is -0.314 e. The molecule has 1 unspecified atom stereocenters. The van der Waals surface area contributed by atoms with Crippen LogP contribution < -0.4 is 5.32 Å². The van der Waals surface area contributed by atoms with Crippen LogP contribution >= 0.6 is 0 Å². The number of nitrogens with one attached hydrogen (secondary N) is 1. The second-order valence-corrected chi connectivity index (χ2v) is 5.01. The average molecular weight is 237 g/mol. The Bertz CT molecular complexity index is 195. The summed E-state index contributed by atoms with van der Waals surface area (Å²) < 4.78 is 37.2. The van der Waals surface area contributed by atoms with Gasteiger partial charge in [-0.25, -0.2) is 0 Å². The highest BCUT2D eigenvalue weighted by molar-refractivity contribution is 4.80. The van der Waals surface area contributed by atoms with E-state index in [2.05, 4.69) is 19.2 Å². The number of rotatable bonds is 4. The summed E-state index contributed by atoms with van der Waals surface area (Å²) in [6, 6.07) is 0.299. The van der Waals surface area contributed by atoms with Gasteiger partial charge in [0.25, 0.3) is 0 Å². The Morgan fingerprint density at radius 2 is 1.75 bits per heavy atom. The van der Waals surface area contributed by atoms with Crippen molar-refractivity contribution in [1.29, 1.82) is 0 Å². The molecule has 0 aliphatic heterocycles. The van der Waals surface area contributed by atoms with E-state index in [9.17, 15) is 13.2 Å². The summed E-state index contributed by atoms with van der Waals surface area (Å²) in [6.07, 6.45) is -0.947. The molecule has 1 N–H and O–H groups in total. The SMILES string of the molecule is CCC(C)CNC1CCC(C(F)(F)F)CC1. The molecule has 4 heteroatoms. The Morgan fingerprint density at radius 3 is 2.19 bits per heavy atom. The first kappa shape index (κ1) is 13.8. The van der Waals surface area contributed by atoms with Gasteiger partial charge in [0.15, 0.2) is 0 Å². The minimum atomic E-state index is -3.98. The maximum absolute atomic E-state index is 12.4. The molecule has 0 radical (unpaired) electrons. The van der Waals surface area contributed by atoms with Crippen molar-refractivity contribution in [3.63, 3.8) is 0 Å². The Kier molecular flexibility index (Phi) is 5.09. The van der Waals surface area contributed by atoms with Crippen molar-refractivity contribution in [2.75, 3.05) is 6.54 Å². The van der Waals surface area contributed by atoms with Gasteiger partial charge in [-0.2, -0.15) is 13.2 Å². The Hall–Kier alpha value is -0.250. The van der Waals surface area contributed by atoms with Gasteiger partial charge in [-0.05, 0) is 38.1 Å². The normalized spacial score (nSPS) is 29.1. The van der Waals surface area contributed by atoms with E-state index in [0.29, 0.717) is 37.6 Å². The third kappa shape index (κ3) is 4.32. The zero-order valence-electron chi connectivity index (χ0n) is 10.1. The van der Waals surface area contributed by atoms with Crippen molar-refractivity contribution in [2.45, 2.75) is 58.2 Å². The molecule has 0 heterocycles. The van der Waals surface area contributed by atoms with E-state index >= 15 is 0 Å². The van der Waals surface area contributed by atoms with Gasteiger partial charge in [0, 0.05) is 6.04 Å². The van der Waals surface area contributed by atoms with E-state index in [1.165, 1.54) is 0 Å². The van der Waals surface area contributed by atoms with Gasteiger partial charge in [0.05, 0.1) is 5.92 Å². The van der Waals surface area contributed by atoms with E-state index in [0.717, 1.165) is 13.0 Å². The van der Waals surface area contributed by atoms with Crippen LogP contribution in [0.1, 0.15) is 46.0 Å². The molecule has 1 aliphatic carbocycles. The van der Waals surface area contributed by atoms with Crippen molar-refractivity contribution in [3.8, 4) is 0 Å². The van der Waals surface area contributed by atoms with Crippen LogP contribution in [0.25, 0.3) is 0 Å². The molecule has 1 fully saturated rings. The van der Waals surface area contributed by atoms with Crippen LogP contribution in [-0.2, 0) is 0 Å². The lowest BCUT2D eigenvalue weighted by Crippen LogP contribution is -2.38. The molecule has 0 aromatic rings. The molecule has 0 saturated heterocycles. The minimum absolute atomic E-state index is 0.293. The molecule has 0 spiro atoms. The molecule has 0 bridgehead atoms. The number of hydrogen-bond acceptors (Lipinski definition) is 1. The molecular formula is C12H22F3N. The lowest BCUT2D eigenvalue weighted by molar-refractivity contribution is -0.182. The van der Waals surface area contributed by atoms with Crippen LogP contribution in [0, 0.1) is 11.8 Å². The smallest absolute Gasteiger partial charge is 0.314 e. The maximum atomic E-state index is 12.4. The molecule has 1 nitrogen and oxygen atoms in total. The van der Waals surface area contributed by atoms with E-state index in [-0.39, 0.29) is 0 Å². The maximum Gasteiger partial charge on any atom is 0.391 e. The standard InChI is InChI=1S/C12H22F3N/c1-3-9(2)8-16-11-6-4-10(5-7-11)12(13,14)15/h9-11,16H,3-8H2,1-2H3. The van der Waals surface area contributed by atoms with Gasteiger partial charge in [-0.15, -0.1) is 0 Å². The highest BCUT2D eigenvalue weighted by Crippen LogP contribution is 2.37. The Labute approximate surface area is 95.8 Å². The lowest BCUT2D eigenvalue weighted by atomic mass is 9.85. The van der Waals surface area contributed by atoms with Gasteiger partial charge in [-0.3, -0.25) is 0 Å². The lowest BCUT2D eigenvalue weighted by Gasteiger charge is -2.31. The fourth-order valence-corrected chi connectivity index (χ4v) is 2.14. The van der Waals surface area contributed by atoms with E-state index in [1.54, 1.807) is 0 Å². The Morgan fingerprint density at radius 1 is 1.19 bits per heavy atom. The zero-order valence-corrected chi connectivity index (χ0v) is 10.1. The van der Waals surface area contributed by atoms with Crippen molar-refractivity contribution in [3.05, 3.63) is 0 Å². The van der Waals surface area contributed by atoms with Crippen molar-refractivity contribution < 1.29 is 13.2 Å². The molecule has 1 saturated carbocycles. The molecule has 1 rings (SSSR count). The number of alkyl halides is 3. The summed E-state index contributed by atoms with van der Waals surface area (Å²) in [7, 11) is 0. The van der Waals surface area contributed by atoms with Gasteiger partial charge in [0.2, 0.25) is 0 Å². The van der Waals surface area contributed by atoms with Crippen LogP contribution in [0.5, 0.6) is 0 Å². The summed E-state index contributed by atoms with van der Waals surface area (Å²) >= 11 is 0. The topological polar surface area (TPSA) is 12.0 Å². The van der Waals surface area contributed by atoms with Crippen molar-refractivity contribution >= 4 is 0 Å². The predicted molar refractivity (Wildman–Crippen MR) is 59.3 cm³/mol. The van der Waals surface area contributed by atoms with Crippen LogP contribution in [0.2, 0.25) is 0 Å². The molecule has 0 amide bonds. The molecule has 0 aromatic carbocycles. The summed E-state index contributed by atoms with van der Waals surface area (Å²) in [5, 5.41) is 3.38. The second-order valence-electron chi connectivity index (χ2n) is 5.01. The monoisotopic (exact) mass is 237 g/mol. The molecular weight excluding hydrogens is 215 g/mol. The highest BCUT2D eigenvalue weighted by Gasteiger charge is 2.41. The van der Waals surface area contributed by atoms with Crippen LogP contribution in [0.4, 0.5) is 13.2 Å². The molecule has 0 aromatic heterocycles. The highest BCUT2D eigenvalue weighted by atomic mass is 19.4. The van der Waals surface area contributed by atoms with Gasteiger partial charge >= 0.3 is 6.18 Å². The van der Waals surface area contributed by atoms with Gasteiger partial charge in [0.1, 0.15) is 0 Å². The first-order valence-corrected chi connectivity index (χ1v) is 6.23. The molecule has 1 aliphatic rings. The first-order chi connectivity index (χ1) is 7.43. The number of halogens is 3. The molecule has 1 atom stereocenters. The molecule has 96 valence electrons. The Balaban J connectivity index is 2.22. The summed E-state index contributed by atoms with van der Waals surface area (Å²) in [5.74, 6) is -0.450. The quantitative estimate of drug-likeness (QED) is 0.785.